The van der Waals surface area contributed by atoms with E-state index < -0.39 is 5.82 Å². The van der Waals surface area contributed by atoms with Crippen molar-refractivity contribution in [2.24, 2.45) is 0 Å². The fourth-order valence-corrected chi connectivity index (χ4v) is 1.82. The number of ether oxygens (including phenoxy) is 1. The first-order valence-electron chi connectivity index (χ1n) is 6.02. The highest BCUT2D eigenvalue weighted by Gasteiger charge is 2.08. The first-order chi connectivity index (χ1) is 9.51. The van der Waals surface area contributed by atoms with Crippen molar-refractivity contribution < 1.29 is 13.9 Å². The number of carbonyl (C=O) groups excluding carboxylic acids is 1. The molecule has 0 saturated carbocycles. The van der Waals surface area contributed by atoms with E-state index in [1.165, 1.54) is 26.2 Å². The lowest BCUT2D eigenvalue weighted by atomic mass is 10.1. The number of Topliss-reactive ketones (excluding diaryl/α,β-unsaturated/α-hetero) is 1. The van der Waals surface area contributed by atoms with E-state index in [4.69, 9.17) is 10.5 Å². The average Bonchev–Trinajstić information content (AvgIpc) is 2.43. The Balaban J connectivity index is 2.35. The van der Waals surface area contributed by atoms with Gasteiger partial charge in [-0.3, -0.25) is 4.79 Å². The Bertz CT molecular complexity index is 656. The molecule has 4 nitrogen and oxygen atoms in total. The standard InChI is InChI=1S/C15H15FN2O2/c1-9(19)12-7-10(3-6-14(12)17)18-15-8-11(20-2)4-5-13(15)16/h3-8,18H,17H2,1-2H3. The molecule has 0 saturated heterocycles. The Morgan fingerprint density at radius 1 is 1.25 bits per heavy atom. The van der Waals surface area contributed by atoms with Gasteiger partial charge in [-0.05, 0) is 37.3 Å². The van der Waals surface area contributed by atoms with Crippen molar-refractivity contribution in [3.05, 3.63) is 47.8 Å². The molecule has 104 valence electrons. The van der Waals surface area contributed by atoms with Crippen molar-refractivity contribution in [3.8, 4) is 5.75 Å². The molecular weight excluding hydrogens is 259 g/mol. The van der Waals surface area contributed by atoms with Crippen LogP contribution in [0.2, 0.25) is 0 Å². The molecule has 20 heavy (non-hydrogen) atoms. The zero-order chi connectivity index (χ0) is 14.7. The van der Waals surface area contributed by atoms with Crippen molar-refractivity contribution in [2.75, 3.05) is 18.2 Å². The molecule has 3 N–H and O–H groups in total. The topological polar surface area (TPSA) is 64.3 Å². The minimum absolute atomic E-state index is 0.141. The number of nitrogens with one attached hydrogen (secondary N) is 1. The van der Waals surface area contributed by atoms with Gasteiger partial charge in [0.1, 0.15) is 11.6 Å². The highest BCUT2D eigenvalue weighted by atomic mass is 19.1. The number of halogens is 1. The summed E-state index contributed by atoms with van der Waals surface area (Å²) in [6.07, 6.45) is 0. The summed E-state index contributed by atoms with van der Waals surface area (Å²) in [4.78, 5) is 11.4. The van der Waals surface area contributed by atoms with E-state index in [-0.39, 0.29) is 11.5 Å². The molecule has 0 spiro atoms. The number of benzene rings is 2. The lowest BCUT2D eigenvalue weighted by molar-refractivity contribution is 0.101. The number of anilines is 3. The molecule has 0 radical (unpaired) electrons. The highest BCUT2D eigenvalue weighted by Crippen LogP contribution is 2.26. The molecule has 0 fully saturated rings. The smallest absolute Gasteiger partial charge is 0.161 e. The number of methoxy groups -OCH3 is 1. The number of hydrogen-bond donors (Lipinski definition) is 2. The lowest BCUT2D eigenvalue weighted by Gasteiger charge is -2.11. The Morgan fingerprint density at radius 3 is 2.65 bits per heavy atom. The van der Waals surface area contributed by atoms with Crippen LogP contribution < -0.4 is 15.8 Å². The minimum Gasteiger partial charge on any atom is -0.497 e. The summed E-state index contributed by atoms with van der Waals surface area (Å²) in [5, 5.41) is 2.91. The van der Waals surface area contributed by atoms with Crippen LogP contribution in [0.15, 0.2) is 36.4 Å². The first-order valence-corrected chi connectivity index (χ1v) is 6.02. The number of ketones is 1. The molecular formula is C15H15FN2O2. The molecule has 0 aromatic heterocycles. The Labute approximate surface area is 116 Å². The van der Waals surface area contributed by atoms with E-state index in [0.717, 1.165) is 0 Å². The second kappa shape index (κ2) is 5.61. The molecule has 0 heterocycles. The molecule has 5 heteroatoms. The summed E-state index contributed by atoms with van der Waals surface area (Å²) in [6, 6.07) is 9.27. The minimum atomic E-state index is -0.410. The average molecular weight is 274 g/mol. The van der Waals surface area contributed by atoms with Crippen molar-refractivity contribution in [3.63, 3.8) is 0 Å². The summed E-state index contributed by atoms with van der Waals surface area (Å²) in [7, 11) is 1.51. The van der Waals surface area contributed by atoms with Gasteiger partial charge in [-0.15, -0.1) is 0 Å². The third kappa shape index (κ3) is 2.88. The van der Waals surface area contributed by atoms with Gasteiger partial charge >= 0.3 is 0 Å². The van der Waals surface area contributed by atoms with Crippen LogP contribution in [-0.4, -0.2) is 12.9 Å². The third-order valence-electron chi connectivity index (χ3n) is 2.89. The zero-order valence-corrected chi connectivity index (χ0v) is 11.2. The number of hydrogen-bond acceptors (Lipinski definition) is 4. The van der Waals surface area contributed by atoms with E-state index in [0.29, 0.717) is 22.7 Å². The largest absolute Gasteiger partial charge is 0.497 e. The van der Waals surface area contributed by atoms with Crippen LogP contribution in [0.4, 0.5) is 21.5 Å². The molecule has 2 rings (SSSR count). The van der Waals surface area contributed by atoms with Crippen LogP contribution in [0.5, 0.6) is 5.75 Å². The van der Waals surface area contributed by atoms with Crippen LogP contribution in [0, 0.1) is 5.82 Å². The van der Waals surface area contributed by atoms with E-state index in [9.17, 15) is 9.18 Å². The van der Waals surface area contributed by atoms with Crippen molar-refractivity contribution in [2.45, 2.75) is 6.92 Å². The van der Waals surface area contributed by atoms with Gasteiger partial charge in [-0.1, -0.05) is 0 Å². The summed E-state index contributed by atoms with van der Waals surface area (Å²) in [5.74, 6) is -0.0135. The first kappa shape index (κ1) is 13.9. The predicted molar refractivity (Wildman–Crippen MR) is 77.1 cm³/mol. The second-order valence-corrected chi connectivity index (χ2v) is 4.33. The molecule has 0 aliphatic carbocycles. The Hall–Kier alpha value is -2.56. The van der Waals surface area contributed by atoms with E-state index >= 15 is 0 Å². The molecule has 0 unspecified atom stereocenters. The number of nitrogens with two attached hydrogens (primary N) is 1. The van der Waals surface area contributed by atoms with Gasteiger partial charge in [0.2, 0.25) is 0 Å². The van der Waals surface area contributed by atoms with Gasteiger partial charge in [0, 0.05) is 23.0 Å². The monoisotopic (exact) mass is 274 g/mol. The molecule has 0 aliphatic heterocycles. The molecule has 2 aromatic carbocycles. The van der Waals surface area contributed by atoms with Crippen LogP contribution in [0.3, 0.4) is 0 Å². The Kier molecular flexibility index (Phi) is 3.89. The van der Waals surface area contributed by atoms with Crippen LogP contribution in [-0.2, 0) is 0 Å². The van der Waals surface area contributed by atoms with Gasteiger partial charge in [-0.25, -0.2) is 4.39 Å². The van der Waals surface area contributed by atoms with Crippen molar-refractivity contribution in [1.29, 1.82) is 0 Å². The number of nitrogen functional groups attached to an aromatic ring is 1. The Morgan fingerprint density at radius 2 is 2.00 bits per heavy atom. The zero-order valence-electron chi connectivity index (χ0n) is 11.2. The summed E-state index contributed by atoms with van der Waals surface area (Å²) in [6.45, 7) is 1.43. The fourth-order valence-electron chi connectivity index (χ4n) is 1.82. The number of rotatable bonds is 4. The fraction of sp³-hybridized carbons (Fsp3) is 0.133. The maximum absolute atomic E-state index is 13.7. The lowest BCUT2D eigenvalue weighted by Crippen LogP contribution is -2.02. The predicted octanol–water partition coefficient (Wildman–Crippen LogP) is 3.36. The second-order valence-electron chi connectivity index (χ2n) is 4.33. The van der Waals surface area contributed by atoms with Gasteiger partial charge in [0.15, 0.2) is 5.78 Å². The van der Waals surface area contributed by atoms with E-state index in [2.05, 4.69) is 5.32 Å². The molecule has 0 amide bonds. The van der Waals surface area contributed by atoms with Crippen LogP contribution >= 0.6 is 0 Å². The van der Waals surface area contributed by atoms with Crippen LogP contribution in [0.25, 0.3) is 0 Å². The van der Waals surface area contributed by atoms with E-state index in [1.807, 2.05) is 0 Å². The SMILES string of the molecule is COc1ccc(F)c(Nc2ccc(N)c(C(C)=O)c2)c1. The summed E-state index contributed by atoms with van der Waals surface area (Å²) < 4.78 is 18.8. The van der Waals surface area contributed by atoms with Gasteiger partial charge in [0.05, 0.1) is 12.8 Å². The normalized spacial score (nSPS) is 10.2. The quantitative estimate of drug-likeness (QED) is 0.662. The van der Waals surface area contributed by atoms with Crippen molar-refractivity contribution >= 4 is 22.8 Å². The molecule has 2 aromatic rings. The van der Waals surface area contributed by atoms with Crippen LogP contribution in [0.1, 0.15) is 17.3 Å². The number of carbonyl (C=O) groups is 1. The maximum atomic E-state index is 13.7. The summed E-state index contributed by atoms with van der Waals surface area (Å²) in [5.41, 5.74) is 7.36. The van der Waals surface area contributed by atoms with Gasteiger partial charge < -0.3 is 15.8 Å². The van der Waals surface area contributed by atoms with E-state index in [1.54, 1.807) is 24.3 Å². The highest BCUT2D eigenvalue weighted by molar-refractivity contribution is 6.00. The summed E-state index contributed by atoms with van der Waals surface area (Å²) >= 11 is 0. The maximum Gasteiger partial charge on any atom is 0.161 e. The molecule has 0 bridgehead atoms. The van der Waals surface area contributed by atoms with Gasteiger partial charge in [-0.2, -0.15) is 0 Å². The molecule has 0 aliphatic rings. The molecule has 0 atom stereocenters. The van der Waals surface area contributed by atoms with Crippen molar-refractivity contribution in [1.82, 2.24) is 0 Å². The third-order valence-corrected chi connectivity index (χ3v) is 2.89. The van der Waals surface area contributed by atoms with Gasteiger partial charge in [0.25, 0.3) is 0 Å².